The molecule has 124 valence electrons. The molecule has 3 rings (SSSR count). The van der Waals surface area contributed by atoms with Gasteiger partial charge < -0.3 is 14.4 Å². The van der Waals surface area contributed by atoms with Gasteiger partial charge >= 0.3 is 0 Å². The van der Waals surface area contributed by atoms with Crippen molar-refractivity contribution in [2.45, 2.75) is 32.3 Å². The zero-order valence-electron chi connectivity index (χ0n) is 13.2. The average Bonchev–Trinajstić information content (AvgIpc) is 3.22. The van der Waals surface area contributed by atoms with Crippen LogP contribution in [-0.4, -0.2) is 52.0 Å². The molecule has 0 bridgehead atoms. The van der Waals surface area contributed by atoms with Gasteiger partial charge in [0.15, 0.2) is 6.61 Å². The van der Waals surface area contributed by atoms with Crippen molar-refractivity contribution in [3.8, 4) is 5.75 Å². The number of hydrogen-bond acceptors (Lipinski definition) is 6. The highest BCUT2D eigenvalue weighted by molar-refractivity contribution is 7.00. The van der Waals surface area contributed by atoms with Gasteiger partial charge in [0.1, 0.15) is 16.8 Å². The molecule has 0 N–H and O–H groups in total. The van der Waals surface area contributed by atoms with E-state index >= 15 is 0 Å². The van der Waals surface area contributed by atoms with Crippen LogP contribution in [0, 0.1) is 0 Å². The smallest absolute Gasteiger partial charge is 0.260 e. The van der Waals surface area contributed by atoms with Gasteiger partial charge in [-0.25, -0.2) is 0 Å². The molecule has 1 aliphatic rings. The molecule has 1 aliphatic heterocycles. The van der Waals surface area contributed by atoms with E-state index in [1.165, 1.54) is 11.7 Å². The number of ether oxygens (including phenoxy) is 2. The highest BCUT2D eigenvalue weighted by Gasteiger charge is 2.22. The summed E-state index contributed by atoms with van der Waals surface area (Å²) in [6.45, 7) is 4.30. The first-order chi connectivity index (χ1) is 11.3. The second-order valence-electron chi connectivity index (χ2n) is 5.68. The van der Waals surface area contributed by atoms with Crippen molar-refractivity contribution in [3.05, 3.63) is 18.2 Å². The van der Waals surface area contributed by atoms with Crippen molar-refractivity contribution < 1.29 is 14.3 Å². The molecule has 2 heterocycles. The molecule has 23 heavy (non-hydrogen) atoms. The Morgan fingerprint density at radius 1 is 1.43 bits per heavy atom. The van der Waals surface area contributed by atoms with E-state index in [-0.39, 0.29) is 18.6 Å². The molecular weight excluding hydrogens is 314 g/mol. The van der Waals surface area contributed by atoms with E-state index in [0.717, 1.165) is 43.4 Å². The Morgan fingerprint density at radius 2 is 2.30 bits per heavy atom. The third-order valence-corrected chi connectivity index (χ3v) is 4.44. The number of rotatable bonds is 7. The molecule has 1 atom stereocenters. The van der Waals surface area contributed by atoms with Gasteiger partial charge in [-0.3, -0.25) is 4.79 Å². The summed E-state index contributed by atoms with van der Waals surface area (Å²) in [6, 6.07) is 5.49. The second kappa shape index (κ2) is 7.70. The van der Waals surface area contributed by atoms with Crippen molar-refractivity contribution in [1.82, 2.24) is 13.6 Å². The summed E-state index contributed by atoms with van der Waals surface area (Å²) in [6.07, 6.45) is 3.20. The first-order valence-electron chi connectivity index (χ1n) is 8.00. The fourth-order valence-corrected chi connectivity index (χ4v) is 3.23. The third kappa shape index (κ3) is 4.17. The first-order valence-corrected chi connectivity index (χ1v) is 8.74. The van der Waals surface area contributed by atoms with Crippen LogP contribution in [0.2, 0.25) is 0 Å². The van der Waals surface area contributed by atoms with Crippen LogP contribution in [0.4, 0.5) is 0 Å². The molecule has 0 radical (unpaired) electrons. The molecule has 7 heteroatoms. The molecule has 0 saturated carbocycles. The lowest BCUT2D eigenvalue weighted by Gasteiger charge is -2.25. The largest absolute Gasteiger partial charge is 0.484 e. The van der Waals surface area contributed by atoms with Crippen LogP contribution >= 0.6 is 11.7 Å². The van der Waals surface area contributed by atoms with Gasteiger partial charge in [-0.1, -0.05) is 6.92 Å². The standard InChI is InChI=1S/C16H21N3O3S/c1-2-7-19(10-13-4-3-8-21-13)16(20)11-22-12-5-6-14-15(9-12)18-23-17-14/h5-6,9,13H,2-4,7-8,10-11H2,1H3/t13-/m0/s1. The average molecular weight is 335 g/mol. The monoisotopic (exact) mass is 335 g/mol. The summed E-state index contributed by atoms with van der Waals surface area (Å²) in [7, 11) is 0. The Morgan fingerprint density at radius 3 is 3.09 bits per heavy atom. The van der Waals surface area contributed by atoms with E-state index in [0.29, 0.717) is 12.3 Å². The molecule has 0 spiro atoms. The van der Waals surface area contributed by atoms with Crippen LogP contribution < -0.4 is 4.74 Å². The molecule has 1 saturated heterocycles. The minimum absolute atomic E-state index is 0.00107. The zero-order chi connectivity index (χ0) is 16.1. The van der Waals surface area contributed by atoms with Crippen LogP contribution in [0.3, 0.4) is 0 Å². The molecule has 1 aromatic heterocycles. The first kappa shape index (κ1) is 16.1. The SMILES string of the molecule is CCCN(C[C@@H]1CCCO1)C(=O)COc1ccc2nsnc2c1. The number of carbonyl (C=O) groups excluding carboxylic acids is 1. The van der Waals surface area contributed by atoms with Crippen molar-refractivity contribution in [2.75, 3.05) is 26.3 Å². The van der Waals surface area contributed by atoms with Crippen molar-refractivity contribution in [1.29, 1.82) is 0 Å². The highest BCUT2D eigenvalue weighted by Crippen LogP contribution is 2.19. The second-order valence-corrected chi connectivity index (χ2v) is 6.21. The molecule has 0 aliphatic carbocycles. The number of amides is 1. The van der Waals surface area contributed by atoms with Crippen molar-refractivity contribution >= 4 is 28.7 Å². The molecule has 1 aromatic carbocycles. The van der Waals surface area contributed by atoms with Crippen LogP contribution in [0.25, 0.3) is 11.0 Å². The van der Waals surface area contributed by atoms with Crippen LogP contribution in [0.15, 0.2) is 18.2 Å². The predicted octanol–water partition coefficient (Wildman–Crippen LogP) is 2.49. The normalized spacial score (nSPS) is 17.5. The summed E-state index contributed by atoms with van der Waals surface area (Å²) in [5, 5.41) is 0. The Hall–Kier alpha value is -1.73. The maximum Gasteiger partial charge on any atom is 0.260 e. The number of nitrogens with zero attached hydrogens (tertiary/aromatic N) is 3. The van der Waals surface area contributed by atoms with E-state index < -0.39 is 0 Å². The highest BCUT2D eigenvalue weighted by atomic mass is 32.1. The van der Waals surface area contributed by atoms with E-state index in [1.807, 2.05) is 23.1 Å². The van der Waals surface area contributed by atoms with E-state index in [2.05, 4.69) is 15.7 Å². The van der Waals surface area contributed by atoms with E-state index in [1.54, 1.807) is 0 Å². The molecular formula is C16H21N3O3S. The van der Waals surface area contributed by atoms with Crippen LogP contribution in [0.5, 0.6) is 5.75 Å². The summed E-state index contributed by atoms with van der Waals surface area (Å²) in [4.78, 5) is 14.3. The number of fused-ring (bicyclic) bond motifs is 1. The Kier molecular flexibility index (Phi) is 5.40. The molecule has 1 amide bonds. The zero-order valence-corrected chi connectivity index (χ0v) is 14.1. The molecule has 1 fully saturated rings. The molecule has 0 unspecified atom stereocenters. The van der Waals surface area contributed by atoms with Gasteiger partial charge in [-0.15, -0.1) is 0 Å². The Bertz CT molecular complexity index is 655. The van der Waals surface area contributed by atoms with Gasteiger partial charge in [0.05, 0.1) is 17.8 Å². The van der Waals surface area contributed by atoms with Gasteiger partial charge in [0.2, 0.25) is 0 Å². The van der Waals surface area contributed by atoms with Gasteiger partial charge in [-0.05, 0) is 31.4 Å². The maximum atomic E-state index is 12.4. The summed E-state index contributed by atoms with van der Waals surface area (Å²) in [5.41, 5.74) is 1.64. The number of aromatic nitrogens is 2. The third-order valence-electron chi connectivity index (χ3n) is 3.88. The lowest BCUT2D eigenvalue weighted by molar-refractivity contribution is -0.135. The van der Waals surface area contributed by atoms with E-state index in [4.69, 9.17) is 9.47 Å². The van der Waals surface area contributed by atoms with Gasteiger partial charge in [-0.2, -0.15) is 8.75 Å². The molecule has 6 nitrogen and oxygen atoms in total. The molecule has 2 aromatic rings. The Balaban J connectivity index is 1.56. The van der Waals surface area contributed by atoms with Crippen molar-refractivity contribution in [3.63, 3.8) is 0 Å². The topological polar surface area (TPSA) is 64.5 Å². The minimum atomic E-state index is -0.00107. The quantitative estimate of drug-likeness (QED) is 0.778. The number of benzene rings is 1. The summed E-state index contributed by atoms with van der Waals surface area (Å²) in [5.74, 6) is 0.644. The minimum Gasteiger partial charge on any atom is -0.484 e. The van der Waals surface area contributed by atoms with Crippen molar-refractivity contribution in [2.24, 2.45) is 0 Å². The lowest BCUT2D eigenvalue weighted by atomic mass is 10.2. The van der Waals surface area contributed by atoms with Gasteiger partial charge in [0.25, 0.3) is 5.91 Å². The fourth-order valence-electron chi connectivity index (χ4n) is 2.71. The van der Waals surface area contributed by atoms with E-state index in [9.17, 15) is 4.79 Å². The maximum absolute atomic E-state index is 12.4. The van der Waals surface area contributed by atoms with Crippen LogP contribution in [-0.2, 0) is 9.53 Å². The summed E-state index contributed by atoms with van der Waals surface area (Å²) >= 11 is 1.17. The fraction of sp³-hybridized carbons (Fsp3) is 0.562. The predicted molar refractivity (Wildman–Crippen MR) is 88.8 cm³/mol. The number of hydrogen-bond donors (Lipinski definition) is 0. The Labute approximate surface area is 139 Å². The lowest BCUT2D eigenvalue weighted by Crippen LogP contribution is -2.40. The number of carbonyl (C=O) groups is 1. The van der Waals surface area contributed by atoms with Gasteiger partial charge in [0, 0.05) is 25.8 Å². The summed E-state index contributed by atoms with van der Waals surface area (Å²) < 4.78 is 19.6. The van der Waals surface area contributed by atoms with Crippen LogP contribution in [0.1, 0.15) is 26.2 Å².